The Kier molecular flexibility index (Phi) is 4.09. The number of aliphatic hydroxyl groups is 1. The summed E-state index contributed by atoms with van der Waals surface area (Å²) in [6.07, 6.45) is 2.57. The fourth-order valence-electron chi connectivity index (χ4n) is 2.39. The van der Waals surface area contributed by atoms with Gasteiger partial charge in [-0.15, -0.1) is 0 Å². The zero-order chi connectivity index (χ0) is 15.0. The minimum Gasteiger partial charge on any atom is -0.398 e. The SMILES string of the molecule is Cc1cc(N)c(C)c(S(=O)(=O)NCC2(CCO)CC2)c1. The van der Waals surface area contributed by atoms with Crippen molar-refractivity contribution in [1.82, 2.24) is 4.72 Å². The first-order valence-electron chi connectivity index (χ1n) is 6.77. The number of sulfonamides is 1. The quantitative estimate of drug-likeness (QED) is 0.691. The Morgan fingerprint density at radius 2 is 2.00 bits per heavy atom. The highest BCUT2D eigenvalue weighted by Crippen LogP contribution is 2.48. The molecule has 0 heterocycles. The van der Waals surface area contributed by atoms with E-state index in [1.807, 2.05) is 6.92 Å². The molecular formula is C14H22N2O3S. The third kappa shape index (κ3) is 3.13. The van der Waals surface area contributed by atoms with Crippen molar-refractivity contribution < 1.29 is 13.5 Å². The van der Waals surface area contributed by atoms with E-state index < -0.39 is 10.0 Å². The van der Waals surface area contributed by atoms with Crippen molar-refractivity contribution in [1.29, 1.82) is 0 Å². The molecule has 0 aliphatic heterocycles. The molecule has 0 saturated heterocycles. The Hall–Kier alpha value is -1.11. The van der Waals surface area contributed by atoms with Crippen LogP contribution < -0.4 is 10.5 Å². The van der Waals surface area contributed by atoms with E-state index >= 15 is 0 Å². The monoisotopic (exact) mass is 298 g/mol. The molecule has 1 fully saturated rings. The maximum absolute atomic E-state index is 12.4. The van der Waals surface area contributed by atoms with Gasteiger partial charge in [0, 0.05) is 18.8 Å². The summed E-state index contributed by atoms with van der Waals surface area (Å²) in [6.45, 7) is 4.01. The van der Waals surface area contributed by atoms with Gasteiger partial charge < -0.3 is 10.8 Å². The van der Waals surface area contributed by atoms with Gasteiger partial charge in [-0.1, -0.05) is 0 Å². The molecule has 20 heavy (non-hydrogen) atoms. The molecule has 0 unspecified atom stereocenters. The third-order valence-corrected chi connectivity index (χ3v) is 5.60. The van der Waals surface area contributed by atoms with Crippen molar-refractivity contribution in [3.8, 4) is 0 Å². The minimum atomic E-state index is -3.56. The summed E-state index contributed by atoms with van der Waals surface area (Å²) in [6, 6.07) is 3.40. The van der Waals surface area contributed by atoms with Gasteiger partial charge in [-0.25, -0.2) is 13.1 Å². The fourth-order valence-corrected chi connectivity index (χ4v) is 3.90. The predicted octanol–water partition coefficient (Wildman–Crippen LogP) is 1.33. The van der Waals surface area contributed by atoms with E-state index in [4.69, 9.17) is 10.8 Å². The second kappa shape index (κ2) is 5.35. The molecule has 0 radical (unpaired) electrons. The summed E-state index contributed by atoms with van der Waals surface area (Å²) < 4.78 is 27.5. The Balaban J connectivity index is 2.19. The topological polar surface area (TPSA) is 92.4 Å². The highest BCUT2D eigenvalue weighted by molar-refractivity contribution is 7.89. The Bertz CT molecular complexity index is 607. The molecule has 112 valence electrons. The van der Waals surface area contributed by atoms with Crippen LogP contribution >= 0.6 is 0 Å². The first-order valence-corrected chi connectivity index (χ1v) is 8.25. The highest BCUT2D eigenvalue weighted by Gasteiger charge is 2.42. The van der Waals surface area contributed by atoms with Gasteiger partial charge in [0.25, 0.3) is 0 Å². The van der Waals surface area contributed by atoms with E-state index in [9.17, 15) is 8.42 Å². The second-order valence-corrected chi connectivity index (χ2v) is 7.51. The average Bonchev–Trinajstić information content (AvgIpc) is 3.12. The average molecular weight is 298 g/mol. The standard InChI is InChI=1S/C14H22N2O3S/c1-10-7-12(15)11(2)13(8-10)20(18,19)16-9-14(3-4-14)5-6-17/h7-8,16-17H,3-6,9,15H2,1-2H3. The normalized spacial score (nSPS) is 17.1. The molecule has 1 aromatic rings. The largest absolute Gasteiger partial charge is 0.398 e. The fraction of sp³-hybridized carbons (Fsp3) is 0.571. The number of aryl methyl sites for hydroxylation is 1. The first-order chi connectivity index (χ1) is 9.30. The zero-order valence-corrected chi connectivity index (χ0v) is 12.8. The number of hydrogen-bond donors (Lipinski definition) is 3. The van der Waals surface area contributed by atoms with Crippen molar-refractivity contribution in [3.63, 3.8) is 0 Å². The van der Waals surface area contributed by atoms with E-state index in [1.165, 1.54) is 0 Å². The number of nitrogens with one attached hydrogen (secondary N) is 1. The third-order valence-electron chi connectivity index (χ3n) is 4.07. The van der Waals surface area contributed by atoms with E-state index in [-0.39, 0.29) is 16.9 Å². The van der Waals surface area contributed by atoms with E-state index in [1.54, 1.807) is 19.1 Å². The van der Waals surface area contributed by atoms with Crippen LogP contribution in [0.4, 0.5) is 5.69 Å². The number of nitrogens with two attached hydrogens (primary N) is 1. The molecule has 0 spiro atoms. The first kappa shape index (κ1) is 15.3. The number of anilines is 1. The van der Waals surface area contributed by atoms with Gasteiger partial charge in [0.2, 0.25) is 10.0 Å². The summed E-state index contributed by atoms with van der Waals surface area (Å²) in [4.78, 5) is 0.245. The maximum Gasteiger partial charge on any atom is 0.240 e. The number of nitrogen functional groups attached to an aromatic ring is 1. The van der Waals surface area contributed by atoms with Crippen LogP contribution in [0.2, 0.25) is 0 Å². The lowest BCUT2D eigenvalue weighted by molar-refractivity contribution is 0.249. The summed E-state index contributed by atoms with van der Waals surface area (Å²) in [7, 11) is -3.56. The molecule has 4 N–H and O–H groups in total. The van der Waals surface area contributed by atoms with E-state index in [0.717, 1.165) is 18.4 Å². The lowest BCUT2D eigenvalue weighted by atomic mass is 10.0. The molecule has 0 aromatic heterocycles. The van der Waals surface area contributed by atoms with Gasteiger partial charge in [0.1, 0.15) is 0 Å². The van der Waals surface area contributed by atoms with Crippen molar-refractivity contribution >= 4 is 15.7 Å². The summed E-state index contributed by atoms with van der Waals surface area (Å²) in [5, 5.41) is 9.01. The number of hydrogen-bond acceptors (Lipinski definition) is 4. The summed E-state index contributed by atoms with van der Waals surface area (Å²) in [5.41, 5.74) is 7.68. The minimum absolute atomic E-state index is 0.0505. The van der Waals surface area contributed by atoms with Gasteiger partial charge >= 0.3 is 0 Å². The molecule has 1 aliphatic carbocycles. The lowest BCUT2D eigenvalue weighted by Crippen LogP contribution is -2.31. The van der Waals surface area contributed by atoms with Crippen LogP contribution in [0.3, 0.4) is 0 Å². The summed E-state index contributed by atoms with van der Waals surface area (Å²) in [5.74, 6) is 0. The molecule has 6 heteroatoms. The number of benzene rings is 1. The van der Waals surface area contributed by atoms with Crippen LogP contribution in [0.15, 0.2) is 17.0 Å². The van der Waals surface area contributed by atoms with Gasteiger partial charge in [-0.2, -0.15) is 0 Å². The molecular weight excluding hydrogens is 276 g/mol. The maximum atomic E-state index is 12.4. The van der Waals surface area contributed by atoms with Crippen LogP contribution in [0, 0.1) is 19.3 Å². The molecule has 1 aromatic carbocycles. The highest BCUT2D eigenvalue weighted by atomic mass is 32.2. The van der Waals surface area contributed by atoms with E-state index in [2.05, 4.69) is 4.72 Å². The zero-order valence-electron chi connectivity index (χ0n) is 11.9. The lowest BCUT2D eigenvalue weighted by Gasteiger charge is -2.16. The van der Waals surface area contributed by atoms with Crippen LogP contribution in [0.1, 0.15) is 30.4 Å². The summed E-state index contributed by atoms with van der Waals surface area (Å²) >= 11 is 0. The second-order valence-electron chi connectivity index (χ2n) is 5.78. The molecule has 0 atom stereocenters. The molecule has 0 amide bonds. The van der Waals surface area contributed by atoms with Gasteiger partial charge in [-0.05, 0) is 61.8 Å². The molecule has 1 saturated carbocycles. The molecule has 5 nitrogen and oxygen atoms in total. The Morgan fingerprint density at radius 1 is 1.35 bits per heavy atom. The number of aliphatic hydroxyl groups excluding tert-OH is 1. The Morgan fingerprint density at radius 3 is 2.55 bits per heavy atom. The van der Waals surface area contributed by atoms with Crippen LogP contribution in [-0.2, 0) is 10.0 Å². The number of rotatable bonds is 6. The van der Waals surface area contributed by atoms with Crippen LogP contribution in [0.5, 0.6) is 0 Å². The van der Waals surface area contributed by atoms with Crippen molar-refractivity contribution in [2.45, 2.75) is 38.0 Å². The van der Waals surface area contributed by atoms with Crippen molar-refractivity contribution in [3.05, 3.63) is 23.3 Å². The van der Waals surface area contributed by atoms with Crippen LogP contribution in [-0.4, -0.2) is 26.7 Å². The Labute approximate surface area is 120 Å². The van der Waals surface area contributed by atoms with Crippen molar-refractivity contribution in [2.24, 2.45) is 5.41 Å². The molecule has 2 rings (SSSR count). The smallest absolute Gasteiger partial charge is 0.240 e. The van der Waals surface area contributed by atoms with E-state index in [0.29, 0.717) is 24.2 Å². The van der Waals surface area contributed by atoms with Crippen molar-refractivity contribution in [2.75, 3.05) is 18.9 Å². The predicted molar refractivity (Wildman–Crippen MR) is 78.9 cm³/mol. The van der Waals surface area contributed by atoms with Gasteiger partial charge in [0.05, 0.1) is 4.90 Å². The van der Waals surface area contributed by atoms with Gasteiger partial charge in [-0.3, -0.25) is 0 Å². The molecule has 1 aliphatic rings. The van der Waals surface area contributed by atoms with Gasteiger partial charge in [0.15, 0.2) is 0 Å². The molecule has 0 bridgehead atoms. The van der Waals surface area contributed by atoms with Crippen LogP contribution in [0.25, 0.3) is 0 Å².